The molecule has 4 aromatic rings. The molecule has 0 atom stereocenters. The maximum Gasteiger partial charge on any atom is 0.326 e. The van der Waals surface area contributed by atoms with Crippen molar-refractivity contribution < 1.29 is 9.90 Å². The van der Waals surface area contributed by atoms with Gasteiger partial charge in [0.2, 0.25) is 5.88 Å². The number of H-pyrrole nitrogens is 2. The summed E-state index contributed by atoms with van der Waals surface area (Å²) in [6.45, 7) is 4.71. The highest BCUT2D eigenvalue weighted by molar-refractivity contribution is 7.17. The summed E-state index contributed by atoms with van der Waals surface area (Å²) in [4.78, 5) is 39.8. The zero-order valence-corrected chi connectivity index (χ0v) is 18.9. The normalized spacial score (nSPS) is 15.1. The molecule has 1 aliphatic rings. The fraction of sp³-hybridized carbons (Fsp3) is 0.318. The number of hydrogen-bond acceptors (Lipinski definition) is 7. The standard InChI is InChI=1S/C22H23N7O3S/c1-11(2)9-23-21(31)17-6-5-16(33-17)14-8-18(25-13-3-4-13)29-19(26-14)12(10-24-29)7-15-20(30)28-22(32)27-15/h5-8,10-11,13,30H,3-4,9H2,1-2H3,(H,23,31)(H2,27,28,32)/b12-7-,25-18?. The van der Waals surface area contributed by atoms with Crippen LogP contribution in [0.15, 0.2) is 34.2 Å². The summed E-state index contributed by atoms with van der Waals surface area (Å²) < 4.78 is 1.65. The van der Waals surface area contributed by atoms with Crippen molar-refractivity contribution in [2.24, 2.45) is 10.9 Å². The number of aromatic hydroxyl groups is 1. The predicted molar refractivity (Wildman–Crippen MR) is 124 cm³/mol. The van der Waals surface area contributed by atoms with E-state index in [0.29, 0.717) is 39.4 Å². The van der Waals surface area contributed by atoms with E-state index in [1.807, 2.05) is 26.0 Å². The zero-order valence-electron chi connectivity index (χ0n) is 18.1. The summed E-state index contributed by atoms with van der Waals surface area (Å²) in [7, 11) is 0. The molecule has 0 unspecified atom stereocenters. The number of thiophene rings is 1. The van der Waals surface area contributed by atoms with Crippen molar-refractivity contribution in [2.75, 3.05) is 6.54 Å². The van der Waals surface area contributed by atoms with Gasteiger partial charge in [-0.2, -0.15) is 9.61 Å². The van der Waals surface area contributed by atoms with E-state index >= 15 is 0 Å². The largest absolute Gasteiger partial charge is 0.493 e. The van der Waals surface area contributed by atoms with Crippen molar-refractivity contribution in [3.05, 3.63) is 56.2 Å². The van der Waals surface area contributed by atoms with E-state index in [1.165, 1.54) is 11.3 Å². The average molecular weight is 466 g/mol. The molecule has 11 heteroatoms. The number of carbonyl (C=O) groups is 1. The molecular formula is C22H23N7O3S. The molecule has 1 aliphatic carbocycles. The lowest BCUT2D eigenvalue weighted by molar-refractivity contribution is 0.0953. The second-order valence-corrected chi connectivity index (χ2v) is 9.53. The molecule has 1 saturated carbocycles. The highest BCUT2D eigenvalue weighted by Crippen LogP contribution is 2.27. The number of nitrogens with zero attached hydrogens (tertiary/aromatic N) is 4. The molecule has 4 N–H and O–H groups in total. The summed E-state index contributed by atoms with van der Waals surface area (Å²) in [5, 5.41) is 17.9. The topological polar surface area (TPSA) is 141 Å². The molecule has 0 radical (unpaired) electrons. The van der Waals surface area contributed by atoms with Crippen molar-refractivity contribution in [1.82, 2.24) is 29.9 Å². The monoisotopic (exact) mass is 465 g/mol. The van der Waals surface area contributed by atoms with Gasteiger partial charge in [-0.15, -0.1) is 11.3 Å². The van der Waals surface area contributed by atoms with Gasteiger partial charge < -0.3 is 15.4 Å². The Hall–Kier alpha value is -3.73. The van der Waals surface area contributed by atoms with Crippen LogP contribution < -0.4 is 21.7 Å². The Labute approximate surface area is 191 Å². The average Bonchev–Trinajstić information content (AvgIpc) is 3.16. The molecule has 4 heterocycles. The van der Waals surface area contributed by atoms with E-state index in [-0.39, 0.29) is 23.5 Å². The molecule has 10 nitrogen and oxygen atoms in total. The van der Waals surface area contributed by atoms with E-state index < -0.39 is 5.69 Å². The molecule has 1 amide bonds. The molecule has 170 valence electrons. The Bertz CT molecular complexity index is 1520. The number of imidazole rings is 1. The molecule has 0 aromatic carbocycles. The number of fused-ring (bicyclic) bond motifs is 1. The van der Waals surface area contributed by atoms with Crippen molar-refractivity contribution >= 4 is 29.0 Å². The fourth-order valence-electron chi connectivity index (χ4n) is 3.30. The highest BCUT2D eigenvalue weighted by atomic mass is 32.1. The third-order valence-electron chi connectivity index (χ3n) is 5.13. The first-order valence-electron chi connectivity index (χ1n) is 10.7. The van der Waals surface area contributed by atoms with Crippen LogP contribution in [0.3, 0.4) is 0 Å². The molecule has 0 bridgehead atoms. The van der Waals surface area contributed by atoms with E-state index in [0.717, 1.165) is 17.7 Å². The van der Waals surface area contributed by atoms with Gasteiger partial charge in [0.1, 0.15) is 5.69 Å². The quantitative estimate of drug-likeness (QED) is 0.338. The van der Waals surface area contributed by atoms with Crippen LogP contribution in [0.1, 0.15) is 42.1 Å². The smallest absolute Gasteiger partial charge is 0.326 e. The zero-order chi connectivity index (χ0) is 23.1. The van der Waals surface area contributed by atoms with Crippen molar-refractivity contribution in [3.8, 4) is 16.5 Å². The van der Waals surface area contributed by atoms with Gasteiger partial charge in [0.15, 0.2) is 11.1 Å². The highest BCUT2D eigenvalue weighted by Gasteiger charge is 2.21. The molecule has 0 aliphatic heterocycles. The lowest BCUT2D eigenvalue weighted by Crippen LogP contribution is -2.26. The van der Waals surface area contributed by atoms with Crippen LogP contribution in [0.4, 0.5) is 0 Å². The Morgan fingerprint density at radius 3 is 2.91 bits per heavy atom. The second-order valence-electron chi connectivity index (χ2n) is 8.45. The van der Waals surface area contributed by atoms with Crippen LogP contribution in [-0.2, 0) is 0 Å². The minimum absolute atomic E-state index is 0.103. The van der Waals surface area contributed by atoms with E-state index in [9.17, 15) is 14.7 Å². The van der Waals surface area contributed by atoms with Gasteiger partial charge in [0.05, 0.1) is 27.7 Å². The Morgan fingerprint density at radius 1 is 1.39 bits per heavy atom. The van der Waals surface area contributed by atoms with Gasteiger partial charge in [-0.25, -0.2) is 9.78 Å². The molecule has 1 fully saturated rings. The van der Waals surface area contributed by atoms with Gasteiger partial charge in [0.25, 0.3) is 5.91 Å². The number of nitrogens with one attached hydrogen (secondary N) is 3. The van der Waals surface area contributed by atoms with Gasteiger partial charge in [-0.05, 0) is 37.0 Å². The predicted octanol–water partition coefficient (Wildman–Crippen LogP) is 1.18. The van der Waals surface area contributed by atoms with E-state index in [4.69, 9.17) is 9.98 Å². The summed E-state index contributed by atoms with van der Waals surface area (Å²) in [5.74, 6) is 0.0119. The Morgan fingerprint density at radius 2 is 2.21 bits per heavy atom. The maximum atomic E-state index is 12.5. The van der Waals surface area contributed by atoms with E-state index in [1.54, 1.807) is 22.9 Å². The van der Waals surface area contributed by atoms with E-state index in [2.05, 4.69) is 20.4 Å². The lowest BCUT2D eigenvalue weighted by atomic mass is 10.2. The van der Waals surface area contributed by atoms with Crippen LogP contribution in [0.2, 0.25) is 0 Å². The van der Waals surface area contributed by atoms with Crippen LogP contribution in [0, 0.1) is 5.92 Å². The van der Waals surface area contributed by atoms with Gasteiger partial charge >= 0.3 is 5.69 Å². The number of rotatable bonds is 6. The third-order valence-corrected chi connectivity index (χ3v) is 6.24. The number of hydrogen-bond donors (Lipinski definition) is 4. The number of aromatic amines is 2. The minimum atomic E-state index is -0.504. The van der Waals surface area contributed by atoms with Crippen molar-refractivity contribution in [2.45, 2.75) is 32.7 Å². The van der Waals surface area contributed by atoms with Gasteiger partial charge in [-0.3, -0.25) is 14.8 Å². The summed E-state index contributed by atoms with van der Waals surface area (Å²) in [6.07, 6.45) is 5.29. The summed E-state index contributed by atoms with van der Waals surface area (Å²) in [5.41, 5.74) is 1.62. The van der Waals surface area contributed by atoms with Crippen LogP contribution in [0.5, 0.6) is 5.88 Å². The Balaban J connectivity index is 1.61. The molecular weight excluding hydrogens is 442 g/mol. The van der Waals surface area contributed by atoms with Crippen molar-refractivity contribution in [3.63, 3.8) is 0 Å². The van der Waals surface area contributed by atoms with Gasteiger partial charge in [0, 0.05) is 17.8 Å². The molecule has 5 rings (SSSR count). The molecule has 0 spiro atoms. The summed E-state index contributed by atoms with van der Waals surface area (Å²) in [6, 6.07) is 5.82. The lowest BCUT2D eigenvalue weighted by Gasteiger charge is -2.05. The summed E-state index contributed by atoms with van der Waals surface area (Å²) >= 11 is 1.37. The third kappa shape index (κ3) is 4.44. The number of carbonyl (C=O) groups excluding carboxylic acids is 1. The van der Waals surface area contributed by atoms with Crippen molar-refractivity contribution in [1.29, 1.82) is 0 Å². The molecule has 4 aromatic heterocycles. The first kappa shape index (κ1) is 21.1. The molecule has 33 heavy (non-hydrogen) atoms. The van der Waals surface area contributed by atoms with Crippen LogP contribution in [-0.4, -0.2) is 48.2 Å². The van der Waals surface area contributed by atoms with Crippen LogP contribution >= 0.6 is 11.3 Å². The SMILES string of the molecule is CC(C)CNC(=O)c1ccc(-c2cc(=NC3CC3)n3nc/c(=C/c4[nH]c(=O)[nH]c4O)c3n2)s1. The van der Waals surface area contributed by atoms with Gasteiger partial charge in [-0.1, -0.05) is 13.8 Å². The molecule has 0 saturated heterocycles. The maximum absolute atomic E-state index is 12.5. The second kappa shape index (κ2) is 8.32. The first-order chi connectivity index (χ1) is 15.9. The van der Waals surface area contributed by atoms with Crippen LogP contribution in [0.25, 0.3) is 22.3 Å². The minimum Gasteiger partial charge on any atom is -0.493 e. The number of aromatic nitrogens is 5. The fourth-order valence-corrected chi connectivity index (χ4v) is 4.19. The Kier molecular flexibility index (Phi) is 5.33. The number of amides is 1. The first-order valence-corrected chi connectivity index (χ1v) is 11.5.